The van der Waals surface area contributed by atoms with Crippen LogP contribution in [0.25, 0.3) is 0 Å². The van der Waals surface area contributed by atoms with Gasteiger partial charge >= 0.3 is 6.18 Å². The van der Waals surface area contributed by atoms with E-state index in [9.17, 15) is 17.6 Å². The van der Waals surface area contributed by atoms with Crippen molar-refractivity contribution >= 4 is 16.5 Å². The van der Waals surface area contributed by atoms with Gasteiger partial charge in [-0.05, 0) is 23.8 Å². The van der Waals surface area contributed by atoms with Crippen molar-refractivity contribution in [2.75, 3.05) is 5.32 Å². The molecule has 0 aliphatic heterocycles. The molecule has 0 bridgehead atoms. The first-order chi connectivity index (χ1) is 8.45. The highest BCUT2D eigenvalue weighted by Crippen LogP contribution is 2.30. The second-order valence-electron chi connectivity index (χ2n) is 3.44. The maximum absolute atomic E-state index is 13.1. The Morgan fingerprint density at radius 2 is 2.00 bits per heavy atom. The molecule has 3 nitrogen and oxygen atoms in total. The second-order valence-corrected chi connectivity index (χ2v) is 4.28. The molecular formula is C10H7F4N3S. The lowest BCUT2D eigenvalue weighted by molar-refractivity contribution is -0.137. The van der Waals surface area contributed by atoms with Gasteiger partial charge in [-0.25, -0.2) is 4.39 Å². The molecule has 18 heavy (non-hydrogen) atoms. The van der Waals surface area contributed by atoms with Gasteiger partial charge in [0, 0.05) is 6.54 Å². The fourth-order valence-electron chi connectivity index (χ4n) is 1.34. The molecule has 96 valence electrons. The van der Waals surface area contributed by atoms with Gasteiger partial charge in [0.2, 0.25) is 5.13 Å². The molecule has 2 rings (SSSR count). The van der Waals surface area contributed by atoms with Gasteiger partial charge in [-0.15, -0.1) is 10.2 Å². The van der Waals surface area contributed by atoms with Gasteiger partial charge in [-0.3, -0.25) is 0 Å². The van der Waals surface area contributed by atoms with Gasteiger partial charge in [0.05, 0.1) is 5.56 Å². The van der Waals surface area contributed by atoms with Crippen LogP contribution in [0.15, 0.2) is 23.7 Å². The molecule has 1 aromatic heterocycles. The number of halogens is 4. The van der Waals surface area contributed by atoms with Crippen LogP contribution in [0.5, 0.6) is 0 Å². The number of benzene rings is 1. The van der Waals surface area contributed by atoms with Crippen LogP contribution in [0, 0.1) is 5.82 Å². The summed E-state index contributed by atoms with van der Waals surface area (Å²) in [6, 6.07) is 2.41. The first-order valence-electron chi connectivity index (χ1n) is 4.82. The van der Waals surface area contributed by atoms with Crippen molar-refractivity contribution < 1.29 is 17.6 Å². The zero-order chi connectivity index (χ0) is 13.2. The molecule has 0 radical (unpaired) electrons. The SMILES string of the molecule is Fc1cc(CNc2nncs2)cc(C(F)(F)F)c1. The van der Waals surface area contributed by atoms with Crippen molar-refractivity contribution in [2.24, 2.45) is 0 Å². The Balaban J connectivity index is 2.15. The fourth-order valence-corrected chi connectivity index (χ4v) is 1.79. The van der Waals surface area contributed by atoms with Crippen LogP contribution < -0.4 is 5.32 Å². The van der Waals surface area contributed by atoms with Crippen molar-refractivity contribution in [1.29, 1.82) is 0 Å². The molecule has 1 aromatic carbocycles. The average Bonchev–Trinajstić information content (AvgIpc) is 2.77. The molecule has 0 saturated carbocycles. The molecule has 0 aliphatic carbocycles. The topological polar surface area (TPSA) is 37.8 Å². The number of aromatic nitrogens is 2. The summed E-state index contributed by atoms with van der Waals surface area (Å²) >= 11 is 1.21. The predicted octanol–water partition coefficient (Wildman–Crippen LogP) is 3.31. The first kappa shape index (κ1) is 12.7. The van der Waals surface area contributed by atoms with E-state index in [0.29, 0.717) is 11.2 Å². The molecule has 0 spiro atoms. The van der Waals surface area contributed by atoms with E-state index in [0.717, 1.165) is 12.1 Å². The lowest BCUT2D eigenvalue weighted by atomic mass is 10.1. The highest BCUT2D eigenvalue weighted by Gasteiger charge is 2.31. The monoisotopic (exact) mass is 277 g/mol. The van der Waals surface area contributed by atoms with Crippen molar-refractivity contribution in [3.63, 3.8) is 0 Å². The lowest BCUT2D eigenvalue weighted by Gasteiger charge is -2.09. The van der Waals surface area contributed by atoms with E-state index in [-0.39, 0.29) is 12.1 Å². The molecular weight excluding hydrogens is 270 g/mol. The summed E-state index contributed by atoms with van der Waals surface area (Å²) in [4.78, 5) is 0. The Morgan fingerprint density at radius 1 is 1.22 bits per heavy atom. The third kappa shape index (κ3) is 3.16. The van der Waals surface area contributed by atoms with E-state index in [1.807, 2.05) is 0 Å². The van der Waals surface area contributed by atoms with Gasteiger partial charge < -0.3 is 5.32 Å². The van der Waals surface area contributed by atoms with Crippen molar-refractivity contribution in [1.82, 2.24) is 10.2 Å². The average molecular weight is 277 g/mol. The summed E-state index contributed by atoms with van der Waals surface area (Å²) < 4.78 is 50.4. The van der Waals surface area contributed by atoms with E-state index in [4.69, 9.17) is 0 Å². The van der Waals surface area contributed by atoms with Gasteiger partial charge in [-0.1, -0.05) is 11.3 Å². The third-order valence-corrected chi connectivity index (χ3v) is 2.74. The van der Waals surface area contributed by atoms with Gasteiger partial charge in [0.15, 0.2) is 0 Å². The molecule has 0 amide bonds. The normalized spacial score (nSPS) is 11.6. The summed E-state index contributed by atoms with van der Waals surface area (Å²) in [6.45, 7) is 0.0516. The molecule has 0 fully saturated rings. The fraction of sp³-hybridized carbons (Fsp3) is 0.200. The van der Waals surface area contributed by atoms with Crippen LogP contribution in [-0.4, -0.2) is 10.2 Å². The predicted molar refractivity (Wildman–Crippen MR) is 58.6 cm³/mol. The van der Waals surface area contributed by atoms with E-state index in [2.05, 4.69) is 15.5 Å². The summed E-state index contributed by atoms with van der Waals surface area (Å²) in [5.41, 5.74) is 0.670. The molecule has 1 heterocycles. The van der Waals surface area contributed by atoms with E-state index in [1.54, 1.807) is 0 Å². The Morgan fingerprint density at radius 3 is 2.61 bits per heavy atom. The summed E-state index contributed by atoms with van der Waals surface area (Å²) in [7, 11) is 0. The van der Waals surface area contributed by atoms with Crippen LogP contribution >= 0.6 is 11.3 Å². The Kier molecular flexibility index (Phi) is 3.46. The number of anilines is 1. The van der Waals surface area contributed by atoms with Crippen LogP contribution in [0.1, 0.15) is 11.1 Å². The second kappa shape index (κ2) is 4.89. The Hall–Kier alpha value is -1.70. The maximum atomic E-state index is 13.1. The number of rotatable bonds is 3. The van der Waals surface area contributed by atoms with Crippen molar-refractivity contribution in [2.45, 2.75) is 12.7 Å². The number of nitrogens with one attached hydrogen (secondary N) is 1. The molecule has 0 unspecified atom stereocenters. The number of hydrogen-bond acceptors (Lipinski definition) is 4. The Labute approximate surface area is 103 Å². The largest absolute Gasteiger partial charge is 0.416 e. The molecule has 8 heteroatoms. The van der Waals surface area contributed by atoms with Gasteiger partial charge in [-0.2, -0.15) is 13.2 Å². The minimum atomic E-state index is -4.56. The van der Waals surface area contributed by atoms with E-state index in [1.165, 1.54) is 16.8 Å². The quantitative estimate of drug-likeness (QED) is 0.875. The third-order valence-electron chi connectivity index (χ3n) is 2.09. The van der Waals surface area contributed by atoms with Gasteiger partial charge in [0.25, 0.3) is 0 Å². The van der Waals surface area contributed by atoms with Crippen molar-refractivity contribution in [3.05, 3.63) is 40.7 Å². The molecule has 0 aliphatic rings. The molecule has 0 saturated heterocycles. The number of hydrogen-bond donors (Lipinski definition) is 1. The highest BCUT2D eigenvalue weighted by atomic mass is 32.1. The summed E-state index contributed by atoms with van der Waals surface area (Å²) in [5.74, 6) is -0.918. The van der Waals surface area contributed by atoms with Crippen LogP contribution in [-0.2, 0) is 12.7 Å². The van der Waals surface area contributed by atoms with E-state index < -0.39 is 17.6 Å². The van der Waals surface area contributed by atoms with Gasteiger partial charge in [0.1, 0.15) is 11.3 Å². The smallest absolute Gasteiger partial charge is 0.356 e. The van der Waals surface area contributed by atoms with Crippen LogP contribution in [0.2, 0.25) is 0 Å². The zero-order valence-electron chi connectivity index (χ0n) is 8.83. The summed E-state index contributed by atoms with van der Waals surface area (Å²) in [6.07, 6.45) is -4.56. The highest BCUT2D eigenvalue weighted by molar-refractivity contribution is 7.13. The zero-order valence-corrected chi connectivity index (χ0v) is 9.65. The number of nitrogens with zero attached hydrogens (tertiary/aromatic N) is 2. The van der Waals surface area contributed by atoms with Crippen LogP contribution in [0.3, 0.4) is 0 Å². The molecule has 0 atom stereocenters. The first-order valence-corrected chi connectivity index (χ1v) is 5.70. The van der Waals surface area contributed by atoms with E-state index >= 15 is 0 Å². The summed E-state index contributed by atoms with van der Waals surface area (Å²) in [5, 5.41) is 10.5. The van der Waals surface area contributed by atoms with Crippen molar-refractivity contribution in [3.8, 4) is 0 Å². The molecule has 1 N–H and O–H groups in total. The Bertz CT molecular complexity index is 524. The lowest BCUT2D eigenvalue weighted by Crippen LogP contribution is -2.08. The standard InChI is InChI=1S/C10H7F4N3S/c11-8-2-6(1-7(3-8)10(12,13)14)4-15-9-17-16-5-18-9/h1-3,5H,4H2,(H,15,17). The number of alkyl halides is 3. The minimum absolute atomic E-state index is 0.0516. The molecule has 2 aromatic rings. The minimum Gasteiger partial charge on any atom is -0.356 e. The maximum Gasteiger partial charge on any atom is 0.416 e. The van der Waals surface area contributed by atoms with Crippen LogP contribution in [0.4, 0.5) is 22.7 Å².